The molecule has 1 saturated heterocycles. The van der Waals surface area contributed by atoms with Gasteiger partial charge in [-0.3, -0.25) is 9.59 Å². The van der Waals surface area contributed by atoms with Gasteiger partial charge in [0.2, 0.25) is 5.91 Å². The number of rotatable bonds is 6. The number of benzene rings is 1. The fourth-order valence-corrected chi connectivity index (χ4v) is 3.75. The molecule has 1 aromatic carbocycles. The van der Waals surface area contributed by atoms with Gasteiger partial charge in [0, 0.05) is 31.6 Å². The number of piperidine rings is 1. The van der Waals surface area contributed by atoms with Crippen molar-refractivity contribution < 1.29 is 9.59 Å². The minimum atomic E-state index is -0.182. The van der Waals surface area contributed by atoms with Crippen LogP contribution in [0.15, 0.2) is 41.4 Å². The van der Waals surface area contributed by atoms with Gasteiger partial charge >= 0.3 is 0 Å². The maximum Gasteiger partial charge on any atom is 0.263 e. The molecule has 0 bridgehead atoms. The van der Waals surface area contributed by atoms with Gasteiger partial charge in [-0.05, 0) is 36.6 Å². The number of hydrazine groups is 1. The molecule has 7 nitrogen and oxygen atoms in total. The molecular formula is C18H24IN5O2S. The van der Waals surface area contributed by atoms with E-state index >= 15 is 0 Å². The van der Waals surface area contributed by atoms with Gasteiger partial charge in [-0.15, -0.1) is 24.0 Å². The molecule has 1 unspecified atom stereocenters. The first-order valence-electron chi connectivity index (χ1n) is 8.70. The van der Waals surface area contributed by atoms with E-state index in [0.717, 1.165) is 5.56 Å². The summed E-state index contributed by atoms with van der Waals surface area (Å²) in [6.45, 7) is 1.16. The van der Waals surface area contributed by atoms with E-state index in [4.69, 9.17) is 5.41 Å². The average molecular weight is 501 g/mol. The minimum Gasteiger partial charge on any atom is -0.349 e. The van der Waals surface area contributed by atoms with Gasteiger partial charge in [-0.25, -0.2) is 0 Å². The second-order valence-electron chi connectivity index (χ2n) is 6.34. The molecule has 2 aliphatic rings. The van der Waals surface area contributed by atoms with Crippen LogP contribution in [0.3, 0.4) is 0 Å². The SMILES string of the molecule is I.N=CCC(NC(=O)C1CCN(C(=O)C2=CNNS2)CC1)c1ccccc1. The molecule has 4 N–H and O–H groups in total. The highest BCUT2D eigenvalue weighted by Crippen LogP contribution is 2.24. The maximum atomic E-state index is 12.7. The van der Waals surface area contributed by atoms with Gasteiger partial charge < -0.3 is 21.1 Å². The van der Waals surface area contributed by atoms with Crippen LogP contribution in [-0.2, 0) is 9.59 Å². The van der Waals surface area contributed by atoms with Crippen LogP contribution in [0.5, 0.6) is 0 Å². The summed E-state index contributed by atoms with van der Waals surface area (Å²) in [5.74, 6) is -0.0969. The van der Waals surface area contributed by atoms with Crippen molar-refractivity contribution >= 4 is 54.0 Å². The van der Waals surface area contributed by atoms with Crippen LogP contribution in [-0.4, -0.2) is 36.0 Å². The van der Waals surface area contributed by atoms with Gasteiger partial charge in [0.25, 0.3) is 5.91 Å². The van der Waals surface area contributed by atoms with Crippen molar-refractivity contribution in [1.82, 2.24) is 20.5 Å². The Morgan fingerprint density at radius 2 is 2.00 bits per heavy atom. The zero-order valence-electron chi connectivity index (χ0n) is 14.8. The number of nitrogens with one attached hydrogen (secondary N) is 4. The van der Waals surface area contributed by atoms with Crippen molar-refractivity contribution in [3.63, 3.8) is 0 Å². The van der Waals surface area contributed by atoms with Crippen LogP contribution in [0, 0.1) is 11.3 Å². The minimum absolute atomic E-state index is 0. The third-order valence-corrected chi connectivity index (χ3v) is 5.39. The summed E-state index contributed by atoms with van der Waals surface area (Å²) in [6.07, 6.45) is 4.77. The van der Waals surface area contributed by atoms with E-state index in [1.165, 1.54) is 18.2 Å². The largest absolute Gasteiger partial charge is 0.349 e. The predicted octanol–water partition coefficient (Wildman–Crippen LogP) is 2.34. The highest BCUT2D eigenvalue weighted by atomic mass is 127. The first kappa shape index (κ1) is 21.7. The van der Waals surface area contributed by atoms with Gasteiger partial charge in [-0.2, -0.15) is 4.83 Å². The Morgan fingerprint density at radius 3 is 2.59 bits per heavy atom. The number of halogens is 1. The van der Waals surface area contributed by atoms with E-state index in [9.17, 15) is 9.59 Å². The smallest absolute Gasteiger partial charge is 0.263 e. The van der Waals surface area contributed by atoms with E-state index < -0.39 is 0 Å². The lowest BCUT2D eigenvalue weighted by atomic mass is 9.94. The van der Waals surface area contributed by atoms with Gasteiger partial charge in [0.05, 0.1) is 6.04 Å². The molecule has 0 spiro atoms. The summed E-state index contributed by atoms with van der Waals surface area (Å²) in [5, 5.41) is 10.5. The fraction of sp³-hybridized carbons (Fsp3) is 0.389. The standard InChI is InChI=1S/C18H23N5O2S.HI/c19-9-6-15(13-4-2-1-3-5-13)21-17(24)14-7-10-23(11-8-14)18(25)16-12-20-22-26-16;/h1-5,9,12,14-15,19-20,22H,6-8,10-11H2,(H,21,24);1H. The molecule has 2 aliphatic heterocycles. The molecule has 0 radical (unpaired) electrons. The van der Waals surface area contributed by atoms with Crippen molar-refractivity contribution in [2.24, 2.45) is 5.92 Å². The highest BCUT2D eigenvalue weighted by molar-refractivity contribution is 14.0. The third kappa shape index (κ3) is 5.69. The summed E-state index contributed by atoms with van der Waals surface area (Å²) in [4.78, 5) is 30.3. The Hall–Kier alpha value is -1.59. The van der Waals surface area contributed by atoms with Crippen LogP contribution in [0.4, 0.5) is 0 Å². The molecule has 1 fully saturated rings. The summed E-state index contributed by atoms with van der Waals surface area (Å²) < 4.78 is 0. The topological polar surface area (TPSA) is 97.3 Å². The zero-order chi connectivity index (χ0) is 18.4. The Bertz CT molecular complexity index is 692. The van der Waals surface area contributed by atoms with E-state index in [1.807, 2.05) is 30.3 Å². The van der Waals surface area contributed by atoms with Crippen molar-refractivity contribution in [2.45, 2.75) is 25.3 Å². The summed E-state index contributed by atoms with van der Waals surface area (Å²) >= 11 is 1.27. The molecule has 9 heteroatoms. The number of amides is 2. The monoisotopic (exact) mass is 501 g/mol. The second kappa shape index (κ2) is 10.7. The van der Waals surface area contributed by atoms with Crippen molar-refractivity contribution in [1.29, 1.82) is 5.41 Å². The highest BCUT2D eigenvalue weighted by Gasteiger charge is 2.30. The van der Waals surface area contributed by atoms with E-state index in [0.29, 0.717) is 37.3 Å². The number of hydrogen-bond donors (Lipinski definition) is 4. The van der Waals surface area contributed by atoms with Crippen LogP contribution < -0.4 is 15.6 Å². The Morgan fingerprint density at radius 1 is 1.30 bits per heavy atom. The van der Waals surface area contributed by atoms with E-state index in [2.05, 4.69) is 15.6 Å². The molecular weight excluding hydrogens is 477 g/mol. The lowest BCUT2D eigenvalue weighted by molar-refractivity contribution is -0.132. The molecule has 1 atom stereocenters. The van der Waals surface area contributed by atoms with Gasteiger partial charge in [0.15, 0.2) is 0 Å². The summed E-state index contributed by atoms with van der Waals surface area (Å²) in [7, 11) is 0. The van der Waals surface area contributed by atoms with E-state index in [-0.39, 0.29) is 47.8 Å². The first-order valence-corrected chi connectivity index (χ1v) is 9.51. The quantitative estimate of drug-likeness (QED) is 0.273. The normalized spacial score (nSPS) is 17.9. The molecule has 2 heterocycles. The van der Waals surface area contributed by atoms with Gasteiger partial charge in [0.1, 0.15) is 4.91 Å². The van der Waals surface area contributed by atoms with Gasteiger partial charge in [-0.1, -0.05) is 30.3 Å². The van der Waals surface area contributed by atoms with Crippen molar-refractivity contribution in [3.05, 3.63) is 47.0 Å². The summed E-state index contributed by atoms with van der Waals surface area (Å²) in [6, 6.07) is 9.54. The lowest BCUT2D eigenvalue weighted by Gasteiger charge is -2.32. The Labute approximate surface area is 180 Å². The lowest BCUT2D eigenvalue weighted by Crippen LogP contribution is -2.44. The second-order valence-corrected chi connectivity index (χ2v) is 7.18. The Balaban J connectivity index is 0.00000261. The third-order valence-electron chi connectivity index (χ3n) is 4.66. The molecule has 27 heavy (non-hydrogen) atoms. The summed E-state index contributed by atoms with van der Waals surface area (Å²) in [5.41, 5.74) is 3.79. The molecule has 0 aromatic heterocycles. The number of carbonyl (C=O) groups excluding carboxylic acids is 2. The molecule has 0 aliphatic carbocycles. The number of hydrogen-bond acceptors (Lipinski definition) is 6. The maximum absolute atomic E-state index is 12.7. The van der Waals surface area contributed by atoms with Crippen molar-refractivity contribution in [3.8, 4) is 0 Å². The van der Waals surface area contributed by atoms with Crippen LogP contribution in [0.25, 0.3) is 0 Å². The van der Waals surface area contributed by atoms with Crippen molar-refractivity contribution in [2.75, 3.05) is 13.1 Å². The van der Waals surface area contributed by atoms with Crippen LogP contribution in [0.2, 0.25) is 0 Å². The zero-order valence-corrected chi connectivity index (χ0v) is 18.0. The molecule has 3 rings (SSSR count). The van der Waals surface area contributed by atoms with Crippen LogP contribution >= 0.6 is 35.9 Å². The fourth-order valence-electron chi connectivity index (χ4n) is 3.19. The molecule has 1 aromatic rings. The number of nitrogens with zero attached hydrogens (tertiary/aromatic N) is 1. The molecule has 146 valence electrons. The number of carbonyl (C=O) groups is 2. The first-order chi connectivity index (χ1) is 12.7. The van der Waals surface area contributed by atoms with Crippen LogP contribution in [0.1, 0.15) is 30.9 Å². The Kier molecular flexibility index (Phi) is 8.58. The average Bonchev–Trinajstić information content (AvgIpc) is 3.22. The molecule has 2 amide bonds. The molecule has 0 saturated carbocycles. The number of likely N-dealkylation sites (tertiary alicyclic amines) is 1. The predicted molar refractivity (Wildman–Crippen MR) is 117 cm³/mol. The van der Waals surface area contributed by atoms with E-state index in [1.54, 1.807) is 11.1 Å².